The SMILES string of the molecule is CC1=CC(=C(c2cc(C)c(CN)c(C)c2)c2c(Cl)cccc2Cl)C=C(C)C1=N. The Bertz CT molecular complexity index is 1000. The molecule has 4 heteroatoms. The quantitative estimate of drug-likeness (QED) is 0.574. The highest BCUT2D eigenvalue weighted by Crippen LogP contribution is 2.40. The molecule has 2 aromatic rings. The lowest BCUT2D eigenvalue weighted by Gasteiger charge is -2.21. The molecule has 1 aliphatic rings. The first-order valence-corrected chi connectivity index (χ1v) is 9.95. The minimum Gasteiger partial charge on any atom is -0.326 e. The van der Waals surface area contributed by atoms with Crippen LogP contribution < -0.4 is 5.73 Å². The second-order valence-corrected chi connectivity index (χ2v) is 8.06. The van der Waals surface area contributed by atoms with Gasteiger partial charge in [0.15, 0.2) is 0 Å². The van der Waals surface area contributed by atoms with Crippen molar-refractivity contribution < 1.29 is 0 Å². The van der Waals surface area contributed by atoms with Gasteiger partial charge in [0.25, 0.3) is 0 Å². The van der Waals surface area contributed by atoms with E-state index < -0.39 is 0 Å². The van der Waals surface area contributed by atoms with Crippen LogP contribution in [0.25, 0.3) is 5.57 Å². The third kappa shape index (κ3) is 3.73. The van der Waals surface area contributed by atoms with Crippen molar-refractivity contribution in [3.8, 4) is 0 Å². The number of halogens is 2. The maximum Gasteiger partial charge on any atom is 0.0598 e. The van der Waals surface area contributed by atoms with E-state index in [1.165, 1.54) is 0 Å². The van der Waals surface area contributed by atoms with Crippen LogP contribution in [-0.4, -0.2) is 5.71 Å². The highest BCUT2D eigenvalue weighted by atomic mass is 35.5. The van der Waals surface area contributed by atoms with Gasteiger partial charge in [-0.2, -0.15) is 0 Å². The Balaban J connectivity index is 2.42. The van der Waals surface area contributed by atoms with Gasteiger partial charge in [-0.25, -0.2) is 0 Å². The van der Waals surface area contributed by atoms with Crippen LogP contribution in [0.4, 0.5) is 0 Å². The lowest BCUT2D eigenvalue weighted by Crippen LogP contribution is -2.08. The third-order valence-electron chi connectivity index (χ3n) is 5.22. The van der Waals surface area contributed by atoms with E-state index in [4.69, 9.17) is 34.3 Å². The Morgan fingerprint density at radius 1 is 0.929 bits per heavy atom. The monoisotopic (exact) mass is 410 g/mol. The summed E-state index contributed by atoms with van der Waals surface area (Å²) >= 11 is 13.2. The summed E-state index contributed by atoms with van der Waals surface area (Å²) in [4.78, 5) is 0. The number of allylic oxidation sites excluding steroid dienone is 5. The van der Waals surface area contributed by atoms with E-state index in [1.807, 2.05) is 44.2 Å². The molecule has 2 aromatic carbocycles. The summed E-state index contributed by atoms with van der Waals surface area (Å²) < 4.78 is 0. The molecule has 3 N–H and O–H groups in total. The number of nitrogens with two attached hydrogens (primary N) is 1. The maximum absolute atomic E-state index is 8.22. The molecule has 0 radical (unpaired) electrons. The Kier molecular flexibility index (Phi) is 5.95. The summed E-state index contributed by atoms with van der Waals surface area (Å²) in [6.07, 6.45) is 4.07. The van der Waals surface area contributed by atoms with Gasteiger partial charge in [-0.15, -0.1) is 0 Å². The highest BCUT2D eigenvalue weighted by molar-refractivity contribution is 6.38. The molecule has 0 amide bonds. The molecule has 144 valence electrons. The van der Waals surface area contributed by atoms with Crippen LogP contribution in [0.1, 0.15) is 41.7 Å². The Morgan fingerprint density at radius 3 is 1.89 bits per heavy atom. The first kappa shape index (κ1) is 20.6. The van der Waals surface area contributed by atoms with Crippen molar-refractivity contribution in [2.75, 3.05) is 0 Å². The summed E-state index contributed by atoms with van der Waals surface area (Å²) in [5.41, 5.74) is 15.6. The second-order valence-electron chi connectivity index (χ2n) is 7.25. The molecule has 0 unspecified atom stereocenters. The third-order valence-corrected chi connectivity index (χ3v) is 5.85. The van der Waals surface area contributed by atoms with Gasteiger partial charge in [0.2, 0.25) is 0 Å². The van der Waals surface area contributed by atoms with Crippen LogP contribution in [0.3, 0.4) is 0 Å². The minimum absolute atomic E-state index is 0.506. The molecule has 0 atom stereocenters. The molecule has 0 fully saturated rings. The van der Waals surface area contributed by atoms with E-state index in [1.54, 1.807) is 0 Å². The van der Waals surface area contributed by atoms with Crippen molar-refractivity contribution in [3.05, 3.63) is 97.1 Å². The van der Waals surface area contributed by atoms with E-state index in [-0.39, 0.29) is 0 Å². The average Bonchev–Trinajstić information content (AvgIpc) is 2.62. The van der Waals surface area contributed by atoms with E-state index in [0.29, 0.717) is 22.3 Å². The minimum atomic E-state index is 0.506. The van der Waals surface area contributed by atoms with E-state index in [9.17, 15) is 0 Å². The fourth-order valence-electron chi connectivity index (χ4n) is 3.76. The summed E-state index contributed by atoms with van der Waals surface area (Å²) in [5.74, 6) is 0. The number of rotatable bonds is 3. The van der Waals surface area contributed by atoms with Crippen molar-refractivity contribution in [2.45, 2.75) is 34.2 Å². The molecule has 1 aliphatic carbocycles. The molecule has 0 saturated heterocycles. The van der Waals surface area contributed by atoms with Crippen LogP contribution in [0.2, 0.25) is 10.0 Å². The summed E-state index contributed by atoms with van der Waals surface area (Å²) in [6, 6.07) is 9.85. The molecule has 0 bridgehead atoms. The molecule has 0 aromatic heterocycles. The molecule has 2 nitrogen and oxygen atoms in total. The van der Waals surface area contributed by atoms with Crippen LogP contribution in [-0.2, 0) is 6.54 Å². The number of nitrogens with one attached hydrogen (secondary N) is 1. The van der Waals surface area contributed by atoms with Crippen molar-refractivity contribution in [3.63, 3.8) is 0 Å². The van der Waals surface area contributed by atoms with Gasteiger partial charge in [-0.05, 0) is 96.5 Å². The smallest absolute Gasteiger partial charge is 0.0598 e. The fraction of sp³-hybridized carbons (Fsp3) is 0.208. The standard InChI is InChI=1S/C24H24Cl2N2/c1-13-8-17(9-14(2)19(13)12-27)22(23-20(25)6-5-7-21(23)26)18-10-15(3)24(28)16(4)11-18/h5-11,28H,12,27H2,1-4H3. The van der Waals surface area contributed by atoms with Gasteiger partial charge in [-0.1, -0.05) is 41.4 Å². The number of hydrogen-bond acceptors (Lipinski definition) is 2. The van der Waals surface area contributed by atoms with Gasteiger partial charge < -0.3 is 11.1 Å². The highest BCUT2D eigenvalue weighted by Gasteiger charge is 2.20. The molecule has 0 heterocycles. The molecule has 0 spiro atoms. The molecular formula is C24H24Cl2N2. The van der Waals surface area contributed by atoms with Gasteiger partial charge in [0.05, 0.1) is 5.71 Å². The topological polar surface area (TPSA) is 49.9 Å². The summed E-state index contributed by atoms with van der Waals surface area (Å²) in [6.45, 7) is 8.57. The predicted molar refractivity (Wildman–Crippen MR) is 122 cm³/mol. The predicted octanol–water partition coefficient (Wildman–Crippen LogP) is 6.80. The lowest BCUT2D eigenvalue weighted by molar-refractivity contribution is 1.03. The lowest BCUT2D eigenvalue weighted by atomic mass is 9.85. The van der Waals surface area contributed by atoms with Gasteiger partial charge in [-0.3, -0.25) is 0 Å². The Labute approximate surface area is 176 Å². The first-order valence-electron chi connectivity index (χ1n) is 9.19. The number of benzene rings is 2. The van der Waals surface area contributed by atoms with Gasteiger partial charge in [0.1, 0.15) is 0 Å². The molecule has 3 rings (SSSR count). The molecular weight excluding hydrogens is 387 g/mol. The van der Waals surface area contributed by atoms with E-state index >= 15 is 0 Å². The molecule has 0 aliphatic heterocycles. The van der Waals surface area contributed by atoms with E-state index in [2.05, 4.69) is 26.0 Å². The zero-order valence-electron chi connectivity index (χ0n) is 16.6. The van der Waals surface area contributed by atoms with Crippen LogP contribution in [0.5, 0.6) is 0 Å². The van der Waals surface area contributed by atoms with Crippen LogP contribution in [0.15, 0.2) is 59.2 Å². The van der Waals surface area contributed by atoms with Gasteiger partial charge >= 0.3 is 0 Å². The van der Waals surface area contributed by atoms with Gasteiger partial charge in [0, 0.05) is 22.2 Å². The van der Waals surface area contributed by atoms with Crippen molar-refractivity contribution >= 4 is 34.5 Å². The Hall–Kier alpha value is -2.13. The van der Waals surface area contributed by atoms with Crippen molar-refractivity contribution in [2.24, 2.45) is 5.73 Å². The van der Waals surface area contributed by atoms with Crippen LogP contribution >= 0.6 is 23.2 Å². The van der Waals surface area contributed by atoms with E-state index in [0.717, 1.165) is 50.1 Å². The number of hydrogen-bond donors (Lipinski definition) is 2. The maximum atomic E-state index is 8.22. The number of aryl methyl sites for hydroxylation is 2. The zero-order chi connectivity index (χ0) is 20.6. The summed E-state index contributed by atoms with van der Waals surface area (Å²) in [7, 11) is 0. The first-order chi connectivity index (χ1) is 13.2. The van der Waals surface area contributed by atoms with Crippen LogP contribution in [0, 0.1) is 19.3 Å². The Morgan fingerprint density at radius 2 is 1.43 bits per heavy atom. The average molecular weight is 411 g/mol. The molecule has 28 heavy (non-hydrogen) atoms. The molecule has 0 saturated carbocycles. The van der Waals surface area contributed by atoms with Crippen molar-refractivity contribution in [1.29, 1.82) is 5.41 Å². The fourth-order valence-corrected chi connectivity index (χ4v) is 4.35. The summed E-state index contributed by atoms with van der Waals surface area (Å²) in [5, 5.41) is 9.43. The zero-order valence-corrected chi connectivity index (χ0v) is 18.1. The normalized spacial score (nSPS) is 14.1. The van der Waals surface area contributed by atoms with Crippen molar-refractivity contribution in [1.82, 2.24) is 0 Å². The largest absolute Gasteiger partial charge is 0.326 e. The second kappa shape index (κ2) is 8.08.